The Morgan fingerprint density at radius 1 is 1.07 bits per heavy atom. The number of ether oxygens (including phenoxy) is 1. The number of para-hydroxylation sites is 1. The van der Waals surface area contributed by atoms with Crippen LogP contribution in [0.5, 0.6) is 0 Å². The van der Waals surface area contributed by atoms with Crippen molar-refractivity contribution in [1.29, 1.82) is 0 Å². The van der Waals surface area contributed by atoms with Crippen molar-refractivity contribution in [2.45, 2.75) is 38.3 Å². The molecular weight excluding hydrogens is 362 g/mol. The maximum absolute atomic E-state index is 10.7. The Morgan fingerprint density at radius 3 is 2.48 bits per heavy atom. The molecule has 1 aliphatic rings. The lowest BCUT2D eigenvalue weighted by Crippen LogP contribution is -2.44. The monoisotopic (exact) mass is 391 g/mol. The average Bonchev–Trinajstić information content (AvgIpc) is 3.19. The van der Waals surface area contributed by atoms with Gasteiger partial charge in [0.15, 0.2) is 0 Å². The summed E-state index contributed by atoms with van der Waals surface area (Å²) in [5.74, 6) is 0. The van der Waals surface area contributed by atoms with Crippen LogP contribution in [0.4, 0.5) is 0 Å². The van der Waals surface area contributed by atoms with Gasteiger partial charge in [0.25, 0.3) is 0 Å². The summed E-state index contributed by atoms with van der Waals surface area (Å²) in [4.78, 5) is 0. The largest absolute Gasteiger partial charge is 0.388 e. The Kier molecular flexibility index (Phi) is 6.09. The Labute approximate surface area is 172 Å². The first-order chi connectivity index (χ1) is 14.2. The van der Waals surface area contributed by atoms with Crippen molar-refractivity contribution in [2.24, 2.45) is 0 Å². The van der Waals surface area contributed by atoms with E-state index in [1.807, 2.05) is 22.9 Å². The van der Waals surface area contributed by atoms with Crippen LogP contribution in [0.1, 0.15) is 30.9 Å². The molecule has 2 heterocycles. The van der Waals surface area contributed by atoms with Gasteiger partial charge in [0, 0.05) is 56.5 Å². The van der Waals surface area contributed by atoms with Crippen LogP contribution in [-0.4, -0.2) is 40.2 Å². The van der Waals surface area contributed by atoms with Gasteiger partial charge in [0.05, 0.1) is 17.0 Å². The summed E-state index contributed by atoms with van der Waals surface area (Å²) < 4.78 is 7.31. The molecule has 2 N–H and O–H groups in total. The summed E-state index contributed by atoms with van der Waals surface area (Å²) in [6, 6.07) is 18.8. The van der Waals surface area contributed by atoms with E-state index < -0.39 is 5.60 Å². The van der Waals surface area contributed by atoms with Crippen molar-refractivity contribution < 1.29 is 9.84 Å². The van der Waals surface area contributed by atoms with E-state index in [9.17, 15) is 5.11 Å². The Hall–Kier alpha value is -2.47. The van der Waals surface area contributed by atoms with E-state index in [0.29, 0.717) is 39.1 Å². The lowest BCUT2D eigenvalue weighted by atomic mass is 9.94. The molecule has 0 bridgehead atoms. The van der Waals surface area contributed by atoms with Gasteiger partial charge in [-0.25, -0.2) is 4.68 Å². The number of benzene rings is 2. The van der Waals surface area contributed by atoms with E-state index in [0.717, 1.165) is 28.9 Å². The minimum absolute atomic E-state index is 0.557. The SMILES string of the molecule is CCc1ccc(-c2nn(-c3ccccc3)cc2CNCC2(O)CCOCC2)cc1. The van der Waals surface area contributed by atoms with Crippen LogP contribution < -0.4 is 5.32 Å². The molecule has 0 amide bonds. The van der Waals surface area contributed by atoms with Crippen molar-refractivity contribution >= 4 is 0 Å². The first-order valence-electron chi connectivity index (χ1n) is 10.4. The molecular formula is C24H29N3O2. The fourth-order valence-corrected chi connectivity index (χ4v) is 3.75. The van der Waals surface area contributed by atoms with Crippen molar-refractivity contribution in [2.75, 3.05) is 19.8 Å². The van der Waals surface area contributed by atoms with Crippen molar-refractivity contribution in [3.05, 3.63) is 71.9 Å². The summed E-state index contributed by atoms with van der Waals surface area (Å²) in [6.07, 6.45) is 4.46. The molecule has 0 saturated carbocycles. The van der Waals surface area contributed by atoms with E-state index in [4.69, 9.17) is 9.84 Å². The van der Waals surface area contributed by atoms with Gasteiger partial charge in [-0.05, 0) is 24.1 Å². The standard InChI is InChI=1S/C24H29N3O2/c1-2-19-8-10-20(11-9-19)23-21(16-25-18-24(28)12-14-29-15-13-24)17-27(26-23)22-6-4-3-5-7-22/h3-11,17,25,28H,2,12-16,18H2,1H3. The fourth-order valence-electron chi connectivity index (χ4n) is 3.75. The molecule has 0 radical (unpaired) electrons. The third-order valence-electron chi connectivity index (χ3n) is 5.64. The fraction of sp³-hybridized carbons (Fsp3) is 0.375. The van der Waals surface area contributed by atoms with Gasteiger partial charge in [-0.2, -0.15) is 5.10 Å². The van der Waals surface area contributed by atoms with Gasteiger partial charge in [-0.1, -0.05) is 49.4 Å². The zero-order chi connectivity index (χ0) is 20.1. The number of hydrogen-bond acceptors (Lipinski definition) is 4. The Balaban J connectivity index is 1.57. The molecule has 1 fully saturated rings. The molecule has 1 aromatic heterocycles. The molecule has 5 heteroatoms. The maximum atomic E-state index is 10.7. The van der Waals surface area contributed by atoms with Crippen LogP contribution in [0.15, 0.2) is 60.8 Å². The van der Waals surface area contributed by atoms with Gasteiger partial charge in [-0.15, -0.1) is 0 Å². The van der Waals surface area contributed by atoms with E-state index in [2.05, 4.69) is 54.8 Å². The highest BCUT2D eigenvalue weighted by Crippen LogP contribution is 2.25. The molecule has 1 saturated heterocycles. The van der Waals surface area contributed by atoms with Crippen LogP contribution in [-0.2, 0) is 17.7 Å². The Morgan fingerprint density at radius 2 is 1.79 bits per heavy atom. The van der Waals surface area contributed by atoms with E-state index >= 15 is 0 Å². The highest BCUT2D eigenvalue weighted by molar-refractivity contribution is 5.63. The molecule has 29 heavy (non-hydrogen) atoms. The normalized spacial score (nSPS) is 16.1. The van der Waals surface area contributed by atoms with Crippen LogP contribution >= 0.6 is 0 Å². The third-order valence-corrected chi connectivity index (χ3v) is 5.64. The third kappa shape index (κ3) is 4.75. The molecule has 0 atom stereocenters. The van der Waals surface area contributed by atoms with Crippen LogP contribution in [0.3, 0.4) is 0 Å². The highest BCUT2D eigenvalue weighted by Gasteiger charge is 2.29. The number of nitrogens with one attached hydrogen (secondary N) is 1. The van der Waals surface area contributed by atoms with Crippen LogP contribution in [0, 0.1) is 0 Å². The molecule has 2 aromatic carbocycles. The number of rotatable bonds is 7. The second-order valence-electron chi connectivity index (χ2n) is 7.77. The van der Waals surface area contributed by atoms with E-state index in [1.54, 1.807) is 0 Å². The lowest BCUT2D eigenvalue weighted by molar-refractivity contribution is -0.0616. The van der Waals surface area contributed by atoms with Crippen LogP contribution in [0.25, 0.3) is 16.9 Å². The molecule has 5 nitrogen and oxygen atoms in total. The molecule has 0 aliphatic carbocycles. The zero-order valence-corrected chi connectivity index (χ0v) is 17.0. The number of aromatic nitrogens is 2. The molecule has 3 aromatic rings. The summed E-state index contributed by atoms with van der Waals surface area (Å²) in [6.45, 7) is 4.62. The molecule has 152 valence electrons. The van der Waals surface area contributed by atoms with E-state index in [-0.39, 0.29) is 0 Å². The van der Waals surface area contributed by atoms with Gasteiger partial charge >= 0.3 is 0 Å². The number of aryl methyl sites for hydroxylation is 1. The van der Waals surface area contributed by atoms with E-state index in [1.165, 1.54) is 5.56 Å². The quantitative estimate of drug-likeness (QED) is 0.644. The summed E-state index contributed by atoms with van der Waals surface area (Å²) in [7, 11) is 0. The Bertz CT molecular complexity index is 913. The number of nitrogens with zero attached hydrogens (tertiary/aromatic N) is 2. The molecule has 1 aliphatic heterocycles. The highest BCUT2D eigenvalue weighted by atomic mass is 16.5. The molecule has 0 unspecified atom stereocenters. The molecule has 4 rings (SSSR count). The first-order valence-corrected chi connectivity index (χ1v) is 10.4. The van der Waals surface area contributed by atoms with Gasteiger partial charge in [-0.3, -0.25) is 0 Å². The topological polar surface area (TPSA) is 59.3 Å². The zero-order valence-electron chi connectivity index (χ0n) is 17.0. The smallest absolute Gasteiger partial charge is 0.0972 e. The van der Waals surface area contributed by atoms with Gasteiger partial charge in [0.2, 0.25) is 0 Å². The van der Waals surface area contributed by atoms with Crippen molar-refractivity contribution in [1.82, 2.24) is 15.1 Å². The van der Waals surface area contributed by atoms with Crippen molar-refractivity contribution in [3.63, 3.8) is 0 Å². The lowest BCUT2D eigenvalue weighted by Gasteiger charge is -2.32. The van der Waals surface area contributed by atoms with Crippen molar-refractivity contribution in [3.8, 4) is 16.9 Å². The minimum atomic E-state index is -0.684. The maximum Gasteiger partial charge on any atom is 0.0972 e. The molecule has 0 spiro atoms. The average molecular weight is 392 g/mol. The second kappa shape index (κ2) is 8.91. The summed E-state index contributed by atoms with van der Waals surface area (Å²) in [5.41, 5.74) is 4.87. The predicted molar refractivity (Wildman–Crippen MR) is 115 cm³/mol. The number of aliphatic hydroxyl groups is 1. The van der Waals surface area contributed by atoms with Gasteiger partial charge < -0.3 is 15.2 Å². The van der Waals surface area contributed by atoms with Gasteiger partial charge in [0.1, 0.15) is 0 Å². The summed E-state index contributed by atoms with van der Waals surface area (Å²) in [5, 5.41) is 19.0. The predicted octanol–water partition coefficient (Wildman–Crippen LogP) is 3.73. The minimum Gasteiger partial charge on any atom is -0.388 e. The summed E-state index contributed by atoms with van der Waals surface area (Å²) >= 11 is 0. The second-order valence-corrected chi connectivity index (χ2v) is 7.77. The van der Waals surface area contributed by atoms with Crippen LogP contribution in [0.2, 0.25) is 0 Å². The number of hydrogen-bond donors (Lipinski definition) is 2. The first kappa shape index (κ1) is 19.8.